The van der Waals surface area contributed by atoms with Gasteiger partial charge in [-0.1, -0.05) is 24.6 Å². The molecule has 1 spiro atoms. The normalized spacial score (nSPS) is 28.0. The Morgan fingerprint density at radius 3 is 2.81 bits per heavy atom. The van der Waals surface area contributed by atoms with Gasteiger partial charge in [-0.25, -0.2) is 4.39 Å². The molecule has 116 valence electrons. The minimum absolute atomic E-state index is 0.269. The number of ether oxygens (including phenoxy) is 1. The Balaban J connectivity index is 1.55. The highest BCUT2D eigenvalue weighted by atomic mass is 19.1. The molecule has 3 nitrogen and oxygen atoms in total. The number of aliphatic hydroxyl groups is 1. The third kappa shape index (κ3) is 2.60. The molecule has 2 fully saturated rings. The lowest BCUT2D eigenvalue weighted by molar-refractivity contribution is -0.173. The SMILES string of the molecule is CCOC1CC(NCC(O)c2ccccc2F)C12CCC2. The zero-order valence-electron chi connectivity index (χ0n) is 12.5. The van der Waals surface area contributed by atoms with E-state index in [0.29, 0.717) is 24.3 Å². The van der Waals surface area contributed by atoms with E-state index in [1.807, 2.05) is 6.92 Å². The smallest absolute Gasteiger partial charge is 0.129 e. The molecule has 4 heteroatoms. The first-order chi connectivity index (χ1) is 10.2. The van der Waals surface area contributed by atoms with E-state index in [1.165, 1.54) is 25.3 Å². The van der Waals surface area contributed by atoms with E-state index in [4.69, 9.17) is 4.74 Å². The summed E-state index contributed by atoms with van der Waals surface area (Å²) in [5, 5.41) is 13.6. The van der Waals surface area contributed by atoms with Gasteiger partial charge in [0.05, 0.1) is 12.2 Å². The van der Waals surface area contributed by atoms with Crippen molar-refractivity contribution < 1.29 is 14.2 Å². The fraction of sp³-hybridized carbons (Fsp3) is 0.647. The van der Waals surface area contributed by atoms with Crippen molar-refractivity contribution in [3.63, 3.8) is 0 Å². The molecule has 0 aromatic heterocycles. The molecule has 3 unspecified atom stereocenters. The maximum absolute atomic E-state index is 13.6. The number of halogens is 1. The first-order valence-corrected chi connectivity index (χ1v) is 7.95. The second-order valence-electron chi connectivity index (χ2n) is 6.26. The van der Waals surface area contributed by atoms with E-state index in [2.05, 4.69) is 5.32 Å². The second-order valence-corrected chi connectivity index (χ2v) is 6.26. The van der Waals surface area contributed by atoms with Crippen LogP contribution in [0.15, 0.2) is 24.3 Å². The van der Waals surface area contributed by atoms with E-state index in [0.717, 1.165) is 13.0 Å². The van der Waals surface area contributed by atoms with E-state index in [9.17, 15) is 9.50 Å². The molecule has 3 rings (SSSR count). The topological polar surface area (TPSA) is 41.5 Å². The first-order valence-electron chi connectivity index (χ1n) is 7.95. The number of hydrogen-bond donors (Lipinski definition) is 2. The zero-order valence-corrected chi connectivity index (χ0v) is 12.5. The highest BCUT2D eigenvalue weighted by molar-refractivity contribution is 5.20. The zero-order chi connectivity index (χ0) is 14.9. The third-order valence-corrected chi connectivity index (χ3v) is 5.26. The average Bonchev–Trinajstić information content (AvgIpc) is 2.40. The molecule has 0 saturated heterocycles. The number of hydrogen-bond acceptors (Lipinski definition) is 3. The van der Waals surface area contributed by atoms with Crippen LogP contribution < -0.4 is 5.32 Å². The van der Waals surface area contributed by atoms with Gasteiger partial charge in [-0.05, 0) is 32.3 Å². The largest absolute Gasteiger partial charge is 0.387 e. The highest BCUT2D eigenvalue weighted by Crippen LogP contribution is 2.57. The van der Waals surface area contributed by atoms with Crippen LogP contribution in [-0.4, -0.2) is 30.4 Å². The molecule has 21 heavy (non-hydrogen) atoms. The highest BCUT2D eigenvalue weighted by Gasteiger charge is 2.58. The van der Waals surface area contributed by atoms with Gasteiger partial charge in [0.2, 0.25) is 0 Å². The summed E-state index contributed by atoms with van der Waals surface area (Å²) in [5.74, 6) is -0.342. The fourth-order valence-electron chi connectivity index (χ4n) is 3.83. The van der Waals surface area contributed by atoms with Gasteiger partial charge in [0.15, 0.2) is 0 Å². The molecule has 1 aromatic rings. The van der Waals surface area contributed by atoms with Crippen molar-refractivity contribution in [3.8, 4) is 0 Å². The maximum Gasteiger partial charge on any atom is 0.129 e. The summed E-state index contributed by atoms with van der Waals surface area (Å²) in [4.78, 5) is 0. The van der Waals surface area contributed by atoms with Gasteiger partial charge in [-0.15, -0.1) is 0 Å². The van der Waals surface area contributed by atoms with Crippen LogP contribution in [0.1, 0.15) is 44.3 Å². The molecule has 2 aliphatic carbocycles. The molecular formula is C17H24FNO2. The summed E-state index contributed by atoms with van der Waals surface area (Å²) in [6, 6.07) is 6.82. The van der Waals surface area contributed by atoms with Crippen molar-refractivity contribution in [2.45, 2.75) is 50.9 Å². The Labute approximate surface area is 125 Å². The molecule has 1 aromatic carbocycles. The van der Waals surface area contributed by atoms with E-state index in [1.54, 1.807) is 18.2 Å². The van der Waals surface area contributed by atoms with Crippen LogP contribution in [0, 0.1) is 11.2 Å². The Kier molecular flexibility index (Phi) is 4.29. The van der Waals surface area contributed by atoms with E-state index < -0.39 is 6.10 Å². The summed E-state index contributed by atoms with van der Waals surface area (Å²) >= 11 is 0. The van der Waals surface area contributed by atoms with Crippen molar-refractivity contribution in [1.82, 2.24) is 5.32 Å². The quantitative estimate of drug-likeness (QED) is 0.847. The first kappa shape index (κ1) is 14.9. The van der Waals surface area contributed by atoms with Crippen LogP contribution in [0.5, 0.6) is 0 Å². The predicted molar refractivity (Wildman–Crippen MR) is 79.5 cm³/mol. The Morgan fingerprint density at radius 1 is 1.43 bits per heavy atom. The Hall–Kier alpha value is -0.970. The molecule has 2 saturated carbocycles. The van der Waals surface area contributed by atoms with Crippen molar-refractivity contribution in [3.05, 3.63) is 35.6 Å². The van der Waals surface area contributed by atoms with Crippen molar-refractivity contribution in [1.29, 1.82) is 0 Å². The number of nitrogens with one attached hydrogen (secondary N) is 1. The molecular weight excluding hydrogens is 269 g/mol. The van der Waals surface area contributed by atoms with Gasteiger partial charge in [0.1, 0.15) is 5.82 Å². The fourth-order valence-corrected chi connectivity index (χ4v) is 3.83. The molecule has 0 bridgehead atoms. The minimum Gasteiger partial charge on any atom is -0.387 e. The number of rotatable bonds is 6. The molecule has 0 aliphatic heterocycles. The molecule has 0 amide bonds. The van der Waals surface area contributed by atoms with Gasteiger partial charge in [-0.2, -0.15) is 0 Å². The Bertz CT molecular complexity index is 489. The summed E-state index contributed by atoms with van der Waals surface area (Å²) in [5.41, 5.74) is 0.638. The van der Waals surface area contributed by atoms with Gasteiger partial charge in [0.25, 0.3) is 0 Å². The van der Waals surface area contributed by atoms with Crippen LogP contribution in [0.4, 0.5) is 4.39 Å². The second kappa shape index (κ2) is 6.03. The van der Waals surface area contributed by atoms with Gasteiger partial charge >= 0.3 is 0 Å². The van der Waals surface area contributed by atoms with Crippen molar-refractivity contribution in [2.24, 2.45) is 5.41 Å². The Morgan fingerprint density at radius 2 is 2.19 bits per heavy atom. The van der Waals surface area contributed by atoms with Crippen molar-refractivity contribution >= 4 is 0 Å². The van der Waals surface area contributed by atoms with Gasteiger partial charge < -0.3 is 15.2 Å². The predicted octanol–water partition coefficient (Wildman–Crippen LogP) is 2.80. The van der Waals surface area contributed by atoms with Crippen LogP contribution in [0.3, 0.4) is 0 Å². The van der Waals surface area contributed by atoms with E-state index >= 15 is 0 Å². The minimum atomic E-state index is -0.797. The maximum atomic E-state index is 13.6. The van der Waals surface area contributed by atoms with Crippen LogP contribution in [0.2, 0.25) is 0 Å². The standard InChI is InChI=1S/C17H24FNO2/c1-2-21-16-10-15(17(16)8-5-9-17)19-11-14(20)12-6-3-4-7-13(12)18/h3-4,6-7,14-16,19-20H,2,5,8-11H2,1H3. The molecule has 2 aliphatic rings. The van der Waals surface area contributed by atoms with Gasteiger partial charge in [0, 0.05) is 30.2 Å². The lowest BCUT2D eigenvalue weighted by Crippen LogP contribution is -2.67. The summed E-state index contributed by atoms with van der Waals surface area (Å²) in [6.45, 7) is 3.19. The van der Waals surface area contributed by atoms with Gasteiger partial charge in [-0.3, -0.25) is 0 Å². The monoisotopic (exact) mass is 293 g/mol. The van der Waals surface area contributed by atoms with Crippen LogP contribution in [0.25, 0.3) is 0 Å². The van der Waals surface area contributed by atoms with Crippen molar-refractivity contribution in [2.75, 3.05) is 13.2 Å². The molecule has 2 N–H and O–H groups in total. The molecule has 0 radical (unpaired) electrons. The summed E-state index contributed by atoms with van der Waals surface area (Å²) in [6.07, 6.45) is 4.22. The average molecular weight is 293 g/mol. The van der Waals surface area contributed by atoms with Crippen LogP contribution in [-0.2, 0) is 4.74 Å². The lowest BCUT2D eigenvalue weighted by Gasteiger charge is -2.61. The summed E-state index contributed by atoms with van der Waals surface area (Å²) < 4.78 is 19.5. The van der Waals surface area contributed by atoms with E-state index in [-0.39, 0.29) is 11.2 Å². The molecule has 3 atom stereocenters. The molecule has 0 heterocycles. The third-order valence-electron chi connectivity index (χ3n) is 5.26. The number of aliphatic hydroxyl groups excluding tert-OH is 1. The van der Waals surface area contributed by atoms with Crippen LogP contribution >= 0.6 is 0 Å². The lowest BCUT2D eigenvalue weighted by atomic mass is 9.51. The number of benzene rings is 1. The summed E-state index contributed by atoms with van der Waals surface area (Å²) in [7, 11) is 0.